The maximum Gasteiger partial charge on any atom is 0.147 e. The number of anilines is 1. The van der Waals surface area contributed by atoms with Gasteiger partial charge in [-0.2, -0.15) is 11.8 Å². The van der Waals surface area contributed by atoms with E-state index in [9.17, 15) is 0 Å². The number of nitrogens with one attached hydrogen (secondary N) is 1. The van der Waals surface area contributed by atoms with Crippen molar-refractivity contribution >= 4 is 17.6 Å². The summed E-state index contributed by atoms with van der Waals surface area (Å²) in [6, 6.07) is 1.28. The molecule has 0 spiro atoms. The monoisotopic (exact) mass is 264 g/mol. The van der Waals surface area contributed by atoms with Gasteiger partial charge in [-0.1, -0.05) is 0 Å². The Morgan fingerprint density at radius 1 is 1.44 bits per heavy atom. The third kappa shape index (κ3) is 2.95. The zero-order valence-electron chi connectivity index (χ0n) is 10.8. The topological polar surface area (TPSA) is 41.1 Å². The second kappa shape index (κ2) is 5.45. The molecule has 5 heteroatoms. The predicted octanol–water partition coefficient (Wildman–Crippen LogP) is 1.67. The molecule has 2 aliphatic rings. The highest BCUT2D eigenvalue weighted by Gasteiger charge is 2.22. The highest BCUT2D eigenvalue weighted by atomic mass is 32.2. The number of hydrogen-bond acceptors (Lipinski definition) is 5. The van der Waals surface area contributed by atoms with Crippen LogP contribution in [0, 0.1) is 0 Å². The van der Waals surface area contributed by atoms with Gasteiger partial charge >= 0.3 is 0 Å². The van der Waals surface area contributed by atoms with Gasteiger partial charge in [-0.3, -0.25) is 4.98 Å². The average molecular weight is 264 g/mol. The van der Waals surface area contributed by atoms with E-state index in [-0.39, 0.29) is 0 Å². The van der Waals surface area contributed by atoms with Gasteiger partial charge in [0.15, 0.2) is 0 Å². The second-order valence-corrected chi connectivity index (χ2v) is 6.29. The third-order valence-electron chi connectivity index (χ3n) is 3.48. The van der Waals surface area contributed by atoms with Gasteiger partial charge in [0.2, 0.25) is 0 Å². The lowest BCUT2D eigenvalue weighted by atomic mass is 10.3. The van der Waals surface area contributed by atoms with Gasteiger partial charge in [0.25, 0.3) is 0 Å². The quantitative estimate of drug-likeness (QED) is 0.896. The number of rotatable bonds is 4. The molecule has 1 aromatic heterocycles. The van der Waals surface area contributed by atoms with Crippen LogP contribution in [0.15, 0.2) is 12.4 Å². The Morgan fingerprint density at radius 2 is 2.33 bits per heavy atom. The van der Waals surface area contributed by atoms with Crippen LogP contribution in [-0.2, 0) is 6.54 Å². The lowest BCUT2D eigenvalue weighted by Crippen LogP contribution is -2.41. The highest BCUT2D eigenvalue weighted by Crippen LogP contribution is 2.22. The Bertz CT molecular complexity index is 408. The van der Waals surface area contributed by atoms with E-state index in [0.717, 1.165) is 30.6 Å². The zero-order valence-corrected chi connectivity index (χ0v) is 11.6. The van der Waals surface area contributed by atoms with Crippen LogP contribution in [-0.4, -0.2) is 40.1 Å². The van der Waals surface area contributed by atoms with E-state index in [1.165, 1.54) is 24.3 Å². The summed E-state index contributed by atoms with van der Waals surface area (Å²) in [7, 11) is 0. The molecule has 2 heterocycles. The van der Waals surface area contributed by atoms with Gasteiger partial charge in [0.1, 0.15) is 5.82 Å². The molecule has 1 saturated heterocycles. The van der Waals surface area contributed by atoms with Crippen LogP contribution in [0.25, 0.3) is 0 Å². The summed E-state index contributed by atoms with van der Waals surface area (Å²) in [5.74, 6) is 3.42. The van der Waals surface area contributed by atoms with Gasteiger partial charge in [-0.15, -0.1) is 0 Å². The Morgan fingerprint density at radius 3 is 3.11 bits per heavy atom. The first-order valence-electron chi connectivity index (χ1n) is 6.71. The number of thioether (sulfide) groups is 1. The molecular weight excluding hydrogens is 244 g/mol. The van der Waals surface area contributed by atoms with Crippen molar-refractivity contribution in [1.82, 2.24) is 15.3 Å². The smallest absolute Gasteiger partial charge is 0.147 e. The Labute approximate surface area is 113 Å². The summed E-state index contributed by atoms with van der Waals surface area (Å²) in [5, 5.41) is 3.49. The fourth-order valence-electron chi connectivity index (χ4n) is 2.22. The van der Waals surface area contributed by atoms with Crippen molar-refractivity contribution in [2.75, 3.05) is 23.0 Å². The van der Waals surface area contributed by atoms with E-state index in [1.54, 1.807) is 0 Å². The minimum Gasteiger partial charge on any atom is -0.351 e. The SMILES string of the molecule is CC1CSCCN1c1cncc(CNC2CC2)n1. The summed E-state index contributed by atoms with van der Waals surface area (Å²) in [4.78, 5) is 11.5. The van der Waals surface area contributed by atoms with Gasteiger partial charge in [-0.05, 0) is 19.8 Å². The zero-order chi connectivity index (χ0) is 12.4. The van der Waals surface area contributed by atoms with E-state index in [4.69, 9.17) is 4.98 Å². The molecule has 1 atom stereocenters. The van der Waals surface area contributed by atoms with Crippen LogP contribution in [0.4, 0.5) is 5.82 Å². The molecule has 18 heavy (non-hydrogen) atoms. The maximum atomic E-state index is 4.74. The Kier molecular flexibility index (Phi) is 3.70. The molecule has 1 unspecified atom stereocenters. The summed E-state index contributed by atoms with van der Waals surface area (Å²) in [6.07, 6.45) is 6.40. The molecule has 3 rings (SSSR count). The standard InChI is InChI=1S/C13H20N4S/c1-10-9-18-5-4-17(10)13-8-14-6-12(16-13)7-15-11-2-3-11/h6,8,10-11,15H,2-5,7,9H2,1H3. The van der Waals surface area contributed by atoms with E-state index < -0.39 is 0 Å². The first-order chi connectivity index (χ1) is 8.83. The molecule has 0 amide bonds. The van der Waals surface area contributed by atoms with Crippen molar-refractivity contribution in [1.29, 1.82) is 0 Å². The molecule has 0 radical (unpaired) electrons. The van der Waals surface area contributed by atoms with Gasteiger partial charge < -0.3 is 10.2 Å². The summed E-state index contributed by atoms with van der Waals surface area (Å²) < 4.78 is 0. The normalized spacial score (nSPS) is 24.3. The van der Waals surface area contributed by atoms with Gasteiger partial charge in [0, 0.05) is 42.9 Å². The van der Waals surface area contributed by atoms with Crippen molar-refractivity contribution in [3.05, 3.63) is 18.1 Å². The lowest BCUT2D eigenvalue weighted by molar-refractivity contribution is 0.656. The molecule has 4 nitrogen and oxygen atoms in total. The van der Waals surface area contributed by atoms with Crippen LogP contribution < -0.4 is 10.2 Å². The van der Waals surface area contributed by atoms with Crippen LogP contribution in [0.1, 0.15) is 25.5 Å². The van der Waals surface area contributed by atoms with Gasteiger partial charge in [0.05, 0.1) is 11.9 Å². The highest BCUT2D eigenvalue weighted by molar-refractivity contribution is 7.99. The van der Waals surface area contributed by atoms with Crippen molar-refractivity contribution in [2.45, 2.75) is 38.4 Å². The Balaban J connectivity index is 1.68. The molecule has 98 valence electrons. The predicted molar refractivity (Wildman–Crippen MR) is 76.0 cm³/mol. The number of hydrogen-bond donors (Lipinski definition) is 1. The minimum absolute atomic E-state index is 0.560. The molecule has 1 N–H and O–H groups in total. The molecule has 0 aromatic carbocycles. The lowest BCUT2D eigenvalue weighted by Gasteiger charge is -2.33. The first kappa shape index (κ1) is 12.2. The molecule has 0 bridgehead atoms. The Hall–Kier alpha value is -0.810. The summed E-state index contributed by atoms with van der Waals surface area (Å²) in [5.41, 5.74) is 1.06. The molecule has 1 aromatic rings. The maximum absolute atomic E-state index is 4.74. The first-order valence-corrected chi connectivity index (χ1v) is 7.87. The number of aromatic nitrogens is 2. The molecule has 2 fully saturated rings. The van der Waals surface area contributed by atoms with Crippen molar-refractivity contribution in [3.8, 4) is 0 Å². The minimum atomic E-state index is 0.560. The van der Waals surface area contributed by atoms with Crippen LogP contribution >= 0.6 is 11.8 Å². The largest absolute Gasteiger partial charge is 0.351 e. The van der Waals surface area contributed by atoms with Crippen molar-refractivity contribution in [2.24, 2.45) is 0 Å². The van der Waals surface area contributed by atoms with Crippen LogP contribution in [0.2, 0.25) is 0 Å². The third-order valence-corrected chi connectivity index (χ3v) is 4.67. The molecular formula is C13H20N4S. The summed E-state index contributed by atoms with van der Waals surface area (Å²) in [6.45, 7) is 4.20. The average Bonchev–Trinajstić information content (AvgIpc) is 3.21. The van der Waals surface area contributed by atoms with Crippen LogP contribution in [0.3, 0.4) is 0 Å². The number of nitrogens with zero attached hydrogens (tertiary/aromatic N) is 3. The van der Waals surface area contributed by atoms with Crippen molar-refractivity contribution in [3.63, 3.8) is 0 Å². The fourth-order valence-corrected chi connectivity index (χ4v) is 3.24. The molecule has 1 aliphatic carbocycles. The fraction of sp³-hybridized carbons (Fsp3) is 0.692. The van der Waals surface area contributed by atoms with E-state index >= 15 is 0 Å². The van der Waals surface area contributed by atoms with E-state index in [1.807, 2.05) is 24.2 Å². The molecule has 1 aliphatic heterocycles. The van der Waals surface area contributed by atoms with Crippen LogP contribution in [0.5, 0.6) is 0 Å². The van der Waals surface area contributed by atoms with E-state index in [2.05, 4.69) is 22.1 Å². The van der Waals surface area contributed by atoms with Gasteiger partial charge in [-0.25, -0.2) is 4.98 Å². The van der Waals surface area contributed by atoms with E-state index in [0.29, 0.717) is 6.04 Å². The second-order valence-electron chi connectivity index (χ2n) is 5.14. The van der Waals surface area contributed by atoms with Crippen molar-refractivity contribution < 1.29 is 0 Å². The summed E-state index contributed by atoms with van der Waals surface area (Å²) >= 11 is 2.03. The molecule has 1 saturated carbocycles.